The van der Waals surface area contributed by atoms with Gasteiger partial charge in [0.15, 0.2) is 0 Å². The van der Waals surface area contributed by atoms with Crippen LogP contribution in [0.3, 0.4) is 0 Å². The predicted molar refractivity (Wildman–Crippen MR) is 114 cm³/mol. The van der Waals surface area contributed by atoms with Crippen LogP contribution in [-0.2, 0) is 4.74 Å². The molecule has 0 saturated carbocycles. The second-order valence-electron chi connectivity index (χ2n) is 7.20. The number of carbonyl (C=O) groups excluding carboxylic acids is 2. The van der Waals surface area contributed by atoms with Crippen LogP contribution in [0.4, 0.5) is 10.5 Å². The lowest BCUT2D eigenvalue weighted by molar-refractivity contribution is 0.0600. The molecule has 0 radical (unpaired) electrons. The lowest BCUT2D eigenvalue weighted by atomic mass is 9.96. The van der Waals surface area contributed by atoms with Crippen molar-refractivity contribution in [1.29, 1.82) is 0 Å². The summed E-state index contributed by atoms with van der Waals surface area (Å²) >= 11 is 0. The first-order valence-corrected chi connectivity index (χ1v) is 9.95. The molecule has 0 bridgehead atoms. The second kappa shape index (κ2) is 9.79. The molecule has 1 aliphatic rings. The van der Waals surface area contributed by atoms with E-state index in [1.54, 1.807) is 18.2 Å². The molecule has 0 spiro atoms. The fourth-order valence-electron chi connectivity index (χ4n) is 3.45. The van der Waals surface area contributed by atoms with E-state index >= 15 is 0 Å². The van der Waals surface area contributed by atoms with E-state index < -0.39 is 0 Å². The van der Waals surface area contributed by atoms with Gasteiger partial charge >= 0.3 is 12.0 Å². The van der Waals surface area contributed by atoms with Gasteiger partial charge < -0.3 is 15.0 Å². The van der Waals surface area contributed by atoms with Gasteiger partial charge in [0.1, 0.15) is 0 Å². The van der Waals surface area contributed by atoms with E-state index in [-0.39, 0.29) is 12.0 Å². The summed E-state index contributed by atoms with van der Waals surface area (Å²) < 4.78 is 4.74. The number of piperidine rings is 1. The van der Waals surface area contributed by atoms with Crippen LogP contribution in [0.1, 0.15) is 47.7 Å². The molecule has 5 heteroatoms. The number of nitrogens with zero attached hydrogens (tertiary/aromatic N) is 1. The average molecular weight is 390 g/mol. The normalized spacial score (nSPS) is 15.8. The number of amides is 2. The molecular weight excluding hydrogens is 364 g/mol. The summed E-state index contributed by atoms with van der Waals surface area (Å²) in [6.45, 7) is 3.80. The number of carbonyl (C=O) groups is 2. The summed E-state index contributed by atoms with van der Waals surface area (Å²) in [5, 5.41) is 2.98. The Morgan fingerprint density at radius 2 is 1.86 bits per heavy atom. The molecule has 150 valence electrons. The van der Waals surface area contributed by atoms with Crippen LogP contribution in [0.25, 0.3) is 0 Å². The Morgan fingerprint density at radius 3 is 2.59 bits per heavy atom. The maximum Gasteiger partial charge on any atom is 0.337 e. The maximum absolute atomic E-state index is 12.6. The standard InChI is InChI=1S/C24H26N2O3/c1-3-18-9-6-14-26(17-18)24(28)25-22-11-5-8-20(16-22)13-12-19-7-4-10-21(15-19)23(27)29-2/h4-5,7-8,10-11,15-16,18H,3,6,9,14,17H2,1-2H3,(H,25,28). The summed E-state index contributed by atoms with van der Waals surface area (Å²) in [5.41, 5.74) is 2.70. The Balaban J connectivity index is 1.68. The van der Waals surface area contributed by atoms with Gasteiger partial charge in [-0.3, -0.25) is 0 Å². The number of anilines is 1. The van der Waals surface area contributed by atoms with Gasteiger partial charge in [0, 0.05) is 29.9 Å². The molecule has 2 aromatic carbocycles. The maximum atomic E-state index is 12.6. The quantitative estimate of drug-likeness (QED) is 0.619. The molecule has 5 nitrogen and oxygen atoms in total. The van der Waals surface area contributed by atoms with Crippen molar-refractivity contribution in [2.45, 2.75) is 26.2 Å². The van der Waals surface area contributed by atoms with Crippen molar-refractivity contribution in [2.75, 3.05) is 25.5 Å². The van der Waals surface area contributed by atoms with Crippen LogP contribution in [0.15, 0.2) is 48.5 Å². The van der Waals surface area contributed by atoms with Crippen molar-refractivity contribution >= 4 is 17.7 Å². The number of nitrogens with one attached hydrogen (secondary N) is 1. The SMILES string of the molecule is CCC1CCCN(C(=O)Nc2cccc(C#Cc3cccc(C(=O)OC)c3)c2)C1. The zero-order valence-electron chi connectivity index (χ0n) is 16.9. The van der Waals surface area contributed by atoms with Crippen LogP contribution in [0.2, 0.25) is 0 Å². The van der Waals surface area contributed by atoms with Gasteiger partial charge in [-0.1, -0.05) is 37.3 Å². The molecule has 1 unspecified atom stereocenters. The average Bonchev–Trinajstić information content (AvgIpc) is 2.77. The Hall–Kier alpha value is -3.26. The summed E-state index contributed by atoms with van der Waals surface area (Å²) in [5.74, 6) is 6.35. The lowest BCUT2D eigenvalue weighted by Gasteiger charge is -2.32. The molecule has 1 atom stereocenters. The molecule has 1 heterocycles. The van der Waals surface area contributed by atoms with E-state index in [9.17, 15) is 9.59 Å². The fourth-order valence-corrected chi connectivity index (χ4v) is 3.45. The molecule has 1 N–H and O–H groups in total. The van der Waals surface area contributed by atoms with Gasteiger partial charge in [-0.15, -0.1) is 0 Å². The summed E-state index contributed by atoms with van der Waals surface area (Å²) in [7, 11) is 1.35. The van der Waals surface area contributed by atoms with Crippen molar-refractivity contribution in [3.63, 3.8) is 0 Å². The van der Waals surface area contributed by atoms with E-state index in [1.807, 2.05) is 35.2 Å². The first kappa shape index (κ1) is 20.5. The Kier molecular flexibility index (Phi) is 6.91. The van der Waals surface area contributed by atoms with Gasteiger partial charge in [-0.2, -0.15) is 0 Å². The predicted octanol–water partition coefficient (Wildman–Crippen LogP) is 4.53. The summed E-state index contributed by atoms with van der Waals surface area (Å²) in [4.78, 5) is 26.1. The highest BCUT2D eigenvalue weighted by Crippen LogP contribution is 2.20. The number of likely N-dealkylation sites (tertiary alicyclic amines) is 1. The Morgan fingerprint density at radius 1 is 1.14 bits per heavy atom. The van der Waals surface area contributed by atoms with Gasteiger partial charge in [-0.05, 0) is 55.2 Å². The molecule has 2 amide bonds. The van der Waals surface area contributed by atoms with Gasteiger partial charge in [-0.25, -0.2) is 9.59 Å². The third-order valence-electron chi connectivity index (χ3n) is 5.13. The number of benzene rings is 2. The zero-order chi connectivity index (χ0) is 20.6. The Bertz CT molecular complexity index is 942. The molecule has 1 fully saturated rings. The third kappa shape index (κ3) is 5.61. The van der Waals surface area contributed by atoms with E-state index in [0.717, 1.165) is 42.7 Å². The molecule has 0 aromatic heterocycles. The number of ether oxygens (including phenoxy) is 1. The first-order chi connectivity index (χ1) is 14.1. The molecular formula is C24H26N2O3. The van der Waals surface area contributed by atoms with Crippen LogP contribution in [0, 0.1) is 17.8 Å². The zero-order valence-corrected chi connectivity index (χ0v) is 16.9. The van der Waals surface area contributed by atoms with Gasteiger partial charge in [0.25, 0.3) is 0 Å². The van der Waals surface area contributed by atoms with Crippen LogP contribution < -0.4 is 5.32 Å². The minimum absolute atomic E-state index is 0.0564. The van der Waals surface area contributed by atoms with Crippen molar-refractivity contribution < 1.29 is 14.3 Å². The second-order valence-corrected chi connectivity index (χ2v) is 7.20. The molecule has 1 saturated heterocycles. The summed E-state index contributed by atoms with van der Waals surface area (Å²) in [6, 6.07) is 14.4. The monoisotopic (exact) mass is 390 g/mol. The first-order valence-electron chi connectivity index (χ1n) is 9.95. The minimum atomic E-state index is -0.388. The molecule has 29 heavy (non-hydrogen) atoms. The van der Waals surface area contributed by atoms with Crippen molar-refractivity contribution in [3.8, 4) is 11.8 Å². The third-order valence-corrected chi connectivity index (χ3v) is 5.13. The highest BCUT2D eigenvalue weighted by molar-refractivity contribution is 5.90. The van der Waals surface area contributed by atoms with Crippen LogP contribution >= 0.6 is 0 Å². The van der Waals surface area contributed by atoms with Crippen LogP contribution in [0.5, 0.6) is 0 Å². The topological polar surface area (TPSA) is 58.6 Å². The van der Waals surface area contributed by atoms with E-state index in [0.29, 0.717) is 11.5 Å². The fraction of sp³-hybridized carbons (Fsp3) is 0.333. The van der Waals surface area contributed by atoms with Gasteiger partial charge in [0.2, 0.25) is 0 Å². The number of hydrogen-bond donors (Lipinski definition) is 1. The molecule has 2 aromatic rings. The Labute approximate surface area is 172 Å². The molecule has 0 aliphatic carbocycles. The van der Waals surface area contributed by atoms with Crippen molar-refractivity contribution in [2.24, 2.45) is 5.92 Å². The largest absolute Gasteiger partial charge is 0.465 e. The number of hydrogen-bond acceptors (Lipinski definition) is 3. The number of esters is 1. The number of rotatable bonds is 3. The van der Waals surface area contributed by atoms with Crippen molar-refractivity contribution in [1.82, 2.24) is 4.90 Å². The van der Waals surface area contributed by atoms with E-state index in [4.69, 9.17) is 4.74 Å². The highest BCUT2D eigenvalue weighted by Gasteiger charge is 2.22. The number of methoxy groups -OCH3 is 1. The van der Waals surface area contributed by atoms with Crippen molar-refractivity contribution in [3.05, 3.63) is 65.2 Å². The van der Waals surface area contributed by atoms with Crippen LogP contribution in [-0.4, -0.2) is 37.1 Å². The smallest absolute Gasteiger partial charge is 0.337 e. The molecule has 1 aliphatic heterocycles. The van der Waals surface area contributed by atoms with E-state index in [2.05, 4.69) is 24.1 Å². The van der Waals surface area contributed by atoms with Gasteiger partial charge in [0.05, 0.1) is 12.7 Å². The molecule has 3 rings (SSSR count). The van der Waals surface area contributed by atoms with E-state index in [1.165, 1.54) is 13.5 Å². The number of urea groups is 1. The highest BCUT2D eigenvalue weighted by atomic mass is 16.5. The lowest BCUT2D eigenvalue weighted by Crippen LogP contribution is -2.42. The minimum Gasteiger partial charge on any atom is -0.465 e. The summed E-state index contributed by atoms with van der Waals surface area (Å²) in [6.07, 6.45) is 3.36.